The molecule has 39 heavy (non-hydrogen) atoms. The Morgan fingerprint density at radius 2 is 1.92 bits per heavy atom. The van der Waals surface area contributed by atoms with Crippen molar-refractivity contribution in [2.24, 2.45) is 11.7 Å². The normalized spacial score (nSPS) is 22.9. The molecule has 3 heterocycles. The Morgan fingerprint density at radius 1 is 1.23 bits per heavy atom. The van der Waals surface area contributed by atoms with E-state index in [0.717, 1.165) is 24.6 Å². The van der Waals surface area contributed by atoms with Crippen LogP contribution in [0.5, 0.6) is 0 Å². The maximum absolute atomic E-state index is 15.0. The van der Waals surface area contributed by atoms with Gasteiger partial charge < -0.3 is 15.8 Å². The van der Waals surface area contributed by atoms with Crippen LogP contribution in [0.25, 0.3) is 0 Å². The molecule has 1 aromatic carbocycles. The van der Waals surface area contributed by atoms with Crippen molar-refractivity contribution in [2.45, 2.75) is 63.1 Å². The average molecular weight is 581 g/mol. The molecule has 3 N–H and O–H groups in total. The quantitative estimate of drug-likeness (QED) is 0.444. The molecule has 0 unspecified atom stereocenters. The van der Waals surface area contributed by atoms with Gasteiger partial charge in [0.1, 0.15) is 5.82 Å². The highest BCUT2D eigenvalue weighted by molar-refractivity contribution is 7.88. The summed E-state index contributed by atoms with van der Waals surface area (Å²) in [6.45, 7) is 4.14. The molecule has 2 aliphatic rings. The summed E-state index contributed by atoms with van der Waals surface area (Å²) in [7, 11) is -3.43. The number of Topliss-reactive ketones (excluding diaryl/α,β-unsaturated/α-hetero) is 1. The smallest absolute Gasteiger partial charge is 0.211 e. The van der Waals surface area contributed by atoms with Gasteiger partial charge in [0, 0.05) is 61.9 Å². The number of sulfonamides is 1. The Balaban J connectivity index is 1.53. The third-order valence-corrected chi connectivity index (χ3v) is 9.65. The minimum atomic E-state index is -3.43. The van der Waals surface area contributed by atoms with Crippen molar-refractivity contribution in [3.63, 3.8) is 0 Å². The number of carbonyl (C=O) groups excluding carboxylic acids is 1. The second-order valence-corrected chi connectivity index (χ2v) is 13.1. The number of piperazine rings is 1. The van der Waals surface area contributed by atoms with E-state index in [2.05, 4.69) is 10.3 Å². The molecule has 0 spiro atoms. The lowest BCUT2D eigenvalue weighted by molar-refractivity contribution is -0.120. The molecular formula is C28H38ClFN4O4S. The van der Waals surface area contributed by atoms with Crippen molar-refractivity contribution >= 4 is 27.4 Å². The summed E-state index contributed by atoms with van der Waals surface area (Å²) >= 11 is 6.11. The van der Waals surface area contributed by atoms with Gasteiger partial charge >= 0.3 is 0 Å². The number of nitrogens with zero attached hydrogens (tertiary/aromatic N) is 2. The molecular weight excluding hydrogens is 543 g/mol. The number of aromatic nitrogens is 1. The van der Waals surface area contributed by atoms with Crippen molar-refractivity contribution in [1.82, 2.24) is 14.6 Å². The topological polar surface area (TPSA) is 115 Å². The SMILES string of the molecule is C[C@@H]1CNC[C@H](CCc2c(F)cncc2CC(=O)[C@@H](N)[C@@H](c2ccc(Cl)cc2)C2CCOCC2)N1S(C)(=O)=O. The van der Waals surface area contributed by atoms with Crippen LogP contribution in [0, 0.1) is 11.7 Å². The lowest BCUT2D eigenvalue weighted by Crippen LogP contribution is -2.58. The summed E-state index contributed by atoms with van der Waals surface area (Å²) in [6.07, 6.45) is 6.09. The van der Waals surface area contributed by atoms with Crippen LogP contribution in [0.1, 0.15) is 48.8 Å². The number of ether oxygens (including phenoxy) is 1. The third-order valence-electron chi connectivity index (χ3n) is 7.97. The van der Waals surface area contributed by atoms with E-state index in [1.54, 1.807) is 12.1 Å². The van der Waals surface area contributed by atoms with E-state index in [1.165, 1.54) is 16.8 Å². The summed E-state index contributed by atoms with van der Waals surface area (Å²) in [5.41, 5.74) is 8.47. The van der Waals surface area contributed by atoms with E-state index in [-0.39, 0.29) is 42.5 Å². The lowest BCUT2D eigenvalue weighted by atomic mass is 9.75. The molecule has 0 bridgehead atoms. The van der Waals surface area contributed by atoms with Crippen molar-refractivity contribution < 1.29 is 22.3 Å². The zero-order valence-electron chi connectivity index (χ0n) is 22.5. The number of nitrogens with one attached hydrogen (secondary N) is 1. The molecule has 0 aliphatic carbocycles. The van der Waals surface area contributed by atoms with Crippen LogP contribution in [-0.4, -0.2) is 74.2 Å². The van der Waals surface area contributed by atoms with Crippen molar-refractivity contribution in [3.05, 3.63) is 64.2 Å². The van der Waals surface area contributed by atoms with E-state index >= 15 is 4.39 Å². The van der Waals surface area contributed by atoms with Gasteiger partial charge in [-0.15, -0.1) is 0 Å². The zero-order chi connectivity index (χ0) is 28.2. The molecule has 2 aliphatic heterocycles. The lowest BCUT2D eigenvalue weighted by Gasteiger charge is -2.39. The van der Waals surface area contributed by atoms with Crippen LogP contribution in [0.2, 0.25) is 5.02 Å². The first-order chi connectivity index (χ1) is 18.6. The van der Waals surface area contributed by atoms with Gasteiger partial charge in [0.2, 0.25) is 10.0 Å². The van der Waals surface area contributed by atoms with Gasteiger partial charge in [0.05, 0.1) is 18.5 Å². The summed E-state index contributed by atoms with van der Waals surface area (Å²) in [6, 6.07) is 6.12. The van der Waals surface area contributed by atoms with Gasteiger partial charge in [-0.05, 0) is 67.3 Å². The van der Waals surface area contributed by atoms with E-state index in [9.17, 15) is 13.2 Å². The largest absolute Gasteiger partial charge is 0.381 e. The number of rotatable bonds is 10. The van der Waals surface area contributed by atoms with Crippen molar-refractivity contribution in [1.29, 1.82) is 0 Å². The van der Waals surface area contributed by atoms with Gasteiger partial charge in [0.25, 0.3) is 0 Å². The number of hydrogen-bond donors (Lipinski definition) is 2. The standard InChI is InChI=1S/C28H38ClFN4O4S/c1-18-14-32-16-23(34(18)39(2,36)37)7-8-24-21(15-33-17-25(24)30)13-26(35)28(31)27(20-9-11-38-12-10-20)19-3-5-22(29)6-4-19/h3-6,15,17-18,20,23,27-28,32H,7-14,16,31H2,1-2H3/t18-,23+,27+,28-/m1/s1. The number of carbonyl (C=O) groups is 1. The van der Waals surface area contributed by atoms with Crippen LogP contribution in [0.15, 0.2) is 36.7 Å². The summed E-state index contributed by atoms with van der Waals surface area (Å²) in [5, 5.41) is 3.87. The molecule has 0 saturated carbocycles. The molecule has 11 heteroatoms. The molecule has 0 amide bonds. The summed E-state index contributed by atoms with van der Waals surface area (Å²) in [5.74, 6) is -0.746. The Hall–Kier alpha value is -1.95. The van der Waals surface area contributed by atoms with Gasteiger partial charge in [0.15, 0.2) is 5.78 Å². The second kappa shape index (κ2) is 13.1. The van der Waals surface area contributed by atoms with Crippen LogP contribution >= 0.6 is 11.6 Å². The highest BCUT2D eigenvalue weighted by atomic mass is 35.5. The Morgan fingerprint density at radius 3 is 2.59 bits per heavy atom. The molecule has 8 nitrogen and oxygen atoms in total. The summed E-state index contributed by atoms with van der Waals surface area (Å²) < 4.78 is 47.0. The highest BCUT2D eigenvalue weighted by Crippen LogP contribution is 2.35. The molecule has 1 aromatic heterocycles. The highest BCUT2D eigenvalue weighted by Gasteiger charge is 2.36. The van der Waals surface area contributed by atoms with Crippen LogP contribution in [0.4, 0.5) is 4.39 Å². The predicted octanol–water partition coefficient (Wildman–Crippen LogP) is 3.08. The molecule has 2 aromatic rings. The summed E-state index contributed by atoms with van der Waals surface area (Å²) in [4.78, 5) is 17.6. The molecule has 4 atom stereocenters. The number of halogens is 2. The molecule has 2 saturated heterocycles. The van der Waals surface area contributed by atoms with Crippen LogP contribution in [-0.2, 0) is 32.4 Å². The molecule has 0 radical (unpaired) electrons. The molecule has 4 rings (SSSR count). The molecule has 2 fully saturated rings. The number of benzene rings is 1. The fourth-order valence-electron chi connectivity index (χ4n) is 6.11. The van der Waals surface area contributed by atoms with Crippen LogP contribution < -0.4 is 11.1 Å². The number of nitrogens with two attached hydrogens (primary N) is 1. The number of ketones is 1. The van der Waals surface area contributed by atoms with Gasteiger partial charge in [-0.25, -0.2) is 12.8 Å². The fourth-order valence-corrected chi connectivity index (χ4v) is 7.69. The first-order valence-corrected chi connectivity index (χ1v) is 15.7. The average Bonchev–Trinajstić information content (AvgIpc) is 2.89. The van der Waals surface area contributed by atoms with Gasteiger partial charge in [-0.2, -0.15) is 4.31 Å². The number of pyridine rings is 1. The second-order valence-electron chi connectivity index (χ2n) is 10.7. The van der Waals surface area contributed by atoms with Crippen molar-refractivity contribution in [2.75, 3.05) is 32.6 Å². The van der Waals surface area contributed by atoms with E-state index in [0.29, 0.717) is 48.9 Å². The Bertz CT molecular complexity index is 1240. The maximum atomic E-state index is 15.0. The molecule has 214 valence electrons. The monoisotopic (exact) mass is 580 g/mol. The fraction of sp³-hybridized carbons (Fsp3) is 0.571. The van der Waals surface area contributed by atoms with E-state index in [1.807, 2.05) is 19.1 Å². The van der Waals surface area contributed by atoms with Gasteiger partial charge in [-0.3, -0.25) is 9.78 Å². The predicted molar refractivity (Wildman–Crippen MR) is 150 cm³/mol. The van der Waals surface area contributed by atoms with Gasteiger partial charge in [-0.1, -0.05) is 23.7 Å². The first-order valence-electron chi connectivity index (χ1n) is 13.5. The first kappa shape index (κ1) is 30.0. The maximum Gasteiger partial charge on any atom is 0.211 e. The Labute approximate surface area is 235 Å². The zero-order valence-corrected chi connectivity index (χ0v) is 24.1. The third kappa shape index (κ3) is 7.42. The van der Waals surface area contributed by atoms with Crippen LogP contribution in [0.3, 0.4) is 0 Å². The minimum absolute atomic E-state index is 0.0519. The van der Waals surface area contributed by atoms with E-state index < -0.39 is 21.9 Å². The number of hydrogen-bond acceptors (Lipinski definition) is 7. The van der Waals surface area contributed by atoms with Crippen molar-refractivity contribution in [3.8, 4) is 0 Å². The minimum Gasteiger partial charge on any atom is -0.381 e. The Kier molecular flexibility index (Phi) is 10.1. The van der Waals surface area contributed by atoms with E-state index in [4.69, 9.17) is 22.1 Å².